The van der Waals surface area contributed by atoms with E-state index < -0.39 is 11.6 Å². The van der Waals surface area contributed by atoms with Crippen LogP contribution in [0.2, 0.25) is 0 Å². The van der Waals surface area contributed by atoms with Crippen LogP contribution in [0.5, 0.6) is 5.75 Å². The van der Waals surface area contributed by atoms with Crippen molar-refractivity contribution in [3.63, 3.8) is 0 Å². The number of carbonyl (C=O) groups excluding carboxylic acids is 1. The van der Waals surface area contributed by atoms with Crippen LogP contribution in [0.1, 0.15) is 60.3 Å². The van der Waals surface area contributed by atoms with Gasteiger partial charge in [0.2, 0.25) is 0 Å². The Hall–Kier alpha value is -3.93. The molecule has 0 saturated heterocycles. The van der Waals surface area contributed by atoms with Gasteiger partial charge in [-0.15, -0.1) is 0 Å². The number of rotatable bonds is 9. The molecular formula is C30H30F2N2O2. The Morgan fingerprint density at radius 3 is 2.42 bits per heavy atom. The molecule has 0 aliphatic carbocycles. The van der Waals surface area contributed by atoms with E-state index in [2.05, 4.69) is 42.4 Å². The van der Waals surface area contributed by atoms with Gasteiger partial charge >= 0.3 is 0 Å². The number of benzene rings is 3. The average molecular weight is 489 g/mol. The Bertz CT molecular complexity index is 1410. The van der Waals surface area contributed by atoms with E-state index >= 15 is 0 Å². The molecule has 6 heteroatoms. The molecule has 0 radical (unpaired) electrons. The normalized spacial score (nSPS) is 11.2. The largest absolute Gasteiger partial charge is 0.462 e. The maximum atomic E-state index is 13.7. The molecule has 1 amide bonds. The van der Waals surface area contributed by atoms with Crippen LogP contribution in [0.25, 0.3) is 10.9 Å². The van der Waals surface area contributed by atoms with E-state index in [1.165, 1.54) is 6.07 Å². The number of ether oxygens (including phenoxy) is 1. The first-order chi connectivity index (χ1) is 17.3. The first-order valence-electron chi connectivity index (χ1n) is 12.1. The van der Waals surface area contributed by atoms with Crippen LogP contribution >= 0.6 is 0 Å². The number of aromatic nitrogens is 1. The van der Waals surface area contributed by atoms with Crippen LogP contribution in [0.15, 0.2) is 79.1 Å². The molecule has 4 aromatic rings. The molecule has 0 spiro atoms. The van der Waals surface area contributed by atoms with E-state index in [4.69, 9.17) is 4.74 Å². The minimum atomic E-state index is -0.940. The van der Waals surface area contributed by atoms with E-state index in [9.17, 15) is 13.6 Å². The number of amides is 1. The summed E-state index contributed by atoms with van der Waals surface area (Å²) in [4.78, 5) is 13.5. The van der Waals surface area contributed by atoms with Gasteiger partial charge in [-0.25, -0.2) is 8.78 Å². The molecule has 186 valence electrons. The van der Waals surface area contributed by atoms with Gasteiger partial charge in [0.05, 0.1) is 16.8 Å². The smallest absolute Gasteiger partial charge is 0.254 e. The Morgan fingerprint density at radius 2 is 1.75 bits per heavy atom. The first-order valence-corrected chi connectivity index (χ1v) is 12.1. The fraction of sp³-hybridized carbons (Fsp3) is 0.233. The molecule has 0 atom stereocenters. The number of carbonyl (C=O) groups is 1. The fourth-order valence-electron chi connectivity index (χ4n) is 4.35. The van der Waals surface area contributed by atoms with Gasteiger partial charge in [-0.05, 0) is 41.3 Å². The summed E-state index contributed by atoms with van der Waals surface area (Å²) in [5.41, 5.74) is 3.92. The zero-order valence-electron chi connectivity index (χ0n) is 20.8. The predicted octanol–water partition coefficient (Wildman–Crippen LogP) is 7.32. The molecule has 1 heterocycles. The van der Waals surface area contributed by atoms with Crippen molar-refractivity contribution in [3.8, 4) is 5.75 Å². The van der Waals surface area contributed by atoms with Crippen molar-refractivity contribution in [2.75, 3.05) is 0 Å². The van der Waals surface area contributed by atoms with Crippen LogP contribution in [0.4, 0.5) is 8.78 Å². The summed E-state index contributed by atoms with van der Waals surface area (Å²) in [5.74, 6) is -0.772. The van der Waals surface area contributed by atoms with Crippen LogP contribution in [-0.4, -0.2) is 10.5 Å². The van der Waals surface area contributed by atoms with Crippen LogP contribution in [0, 0.1) is 11.6 Å². The number of halogens is 2. The van der Waals surface area contributed by atoms with Crippen molar-refractivity contribution in [1.29, 1.82) is 0 Å². The van der Waals surface area contributed by atoms with Gasteiger partial charge in [0.25, 0.3) is 5.91 Å². The van der Waals surface area contributed by atoms with Crippen molar-refractivity contribution in [3.05, 3.63) is 113 Å². The molecular weight excluding hydrogens is 458 g/mol. The summed E-state index contributed by atoms with van der Waals surface area (Å²) in [6.45, 7) is 10.7. The highest BCUT2D eigenvalue weighted by Gasteiger charge is 2.25. The van der Waals surface area contributed by atoms with Crippen molar-refractivity contribution >= 4 is 16.8 Å². The molecule has 0 bridgehead atoms. The summed E-state index contributed by atoms with van der Waals surface area (Å²) in [5, 5.41) is 3.69. The molecule has 0 unspecified atom stereocenters. The quantitative estimate of drug-likeness (QED) is 0.251. The zero-order valence-corrected chi connectivity index (χ0v) is 20.8. The monoisotopic (exact) mass is 488 g/mol. The third-order valence-electron chi connectivity index (χ3n) is 6.13. The number of nitrogens with zero attached hydrogens (tertiary/aromatic N) is 1. The van der Waals surface area contributed by atoms with Crippen molar-refractivity contribution < 1.29 is 18.3 Å². The second kappa shape index (κ2) is 10.8. The van der Waals surface area contributed by atoms with Crippen LogP contribution < -0.4 is 10.1 Å². The van der Waals surface area contributed by atoms with E-state index in [1.807, 2.05) is 43.3 Å². The lowest BCUT2D eigenvalue weighted by molar-refractivity contribution is 0.0951. The maximum Gasteiger partial charge on any atom is 0.254 e. The lowest BCUT2D eigenvalue weighted by Crippen LogP contribution is -2.24. The van der Waals surface area contributed by atoms with Gasteiger partial charge in [-0.3, -0.25) is 4.79 Å². The lowest BCUT2D eigenvalue weighted by Gasteiger charge is -2.16. The van der Waals surface area contributed by atoms with Gasteiger partial charge < -0.3 is 14.6 Å². The van der Waals surface area contributed by atoms with Crippen molar-refractivity contribution in [1.82, 2.24) is 9.88 Å². The summed E-state index contributed by atoms with van der Waals surface area (Å²) >= 11 is 0. The molecule has 0 fully saturated rings. The fourth-order valence-corrected chi connectivity index (χ4v) is 4.35. The number of allylic oxidation sites excluding steroid dienone is 1. The predicted molar refractivity (Wildman–Crippen MR) is 139 cm³/mol. The first kappa shape index (κ1) is 25.2. The molecule has 0 aliphatic rings. The van der Waals surface area contributed by atoms with Crippen molar-refractivity contribution in [2.24, 2.45) is 0 Å². The van der Waals surface area contributed by atoms with E-state index in [-0.39, 0.29) is 18.4 Å². The lowest BCUT2D eigenvalue weighted by atomic mass is 10.0. The van der Waals surface area contributed by atoms with Crippen molar-refractivity contribution in [2.45, 2.75) is 46.2 Å². The Balaban J connectivity index is 1.79. The second-order valence-electron chi connectivity index (χ2n) is 9.09. The summed E-state index contributed by atoms with van der Waals surface area (Å²) in [6, 6.07) is 19.4. The average Bonchev–Trinajstić information content (AvgIpc) is 3.18. The molecule has 36 heavy (non-hydrogen) atoms. The van der Waals surface area contributed by atoms with Gasteiger partial charge in [0.1, 0.15) is 5.75 Å². The minimum Gasteiger partial charge on any atom is -0.462 e. The molecule has 4 nitrogen and oxygen atoms in total. The highest BCUT2D eigenvalue weighted by Crippen LogP contribution is 2.35. The van der Waals surface area contributed by atoms with Gasteiger partial charge in [0.15, 0.2) is 11.6 Å². The zero-order chi connectivity index (χ0) is 25.8. The van der Waals surface area contributed by atoms with E-state index in [0.717, 1.165) is 34.3 Å². The van der Waals surface area contributed by atoms with Gasteiger partial charge in [-0.1, -0.05) is 63.7 Å². The number of fused-ring (bicyclic) bond motifs is 1. The maximum absolute atomic E-state index is 13.7. The third kappa shape index (κ3) is 5.33. The second-order valence-corrected chi connectivity index (χ2v) is 9.09. The Morgan fingerprint density at radius 1 is 1.00 bits per heavy atom. The molecule has 0 saturated carbocycles. The number of hydrogen-bond donors (Lipinski definition) is 1. The molecule has 1 aromatic heterocycles. The van der Waals surface area contributed by atoms with Gasteiger partial charge in [0, 0.05) is 36.7 Å². The van der Waals surface area contributed by atoms with Gasteiger partial charge in [-0.2, -0.15) is 0 Å². The minimum absolute atomic E-state index is 0.0418. The SMILES string of the molecule is C=C(CC)Oc1ccc2c(C(=O)NCc3ccc(F)c(F)c3)c(C(C)C)n(Cc3ccccc3)c2c1. The van der Waals surface area contributed by atoms with Crippen LogP contribution in [-0.2, 0) is 13.1 Å². The summed E-state index contributed by atoms with van der Waals surface area (Å²) in [6.07, 6.45) is 0.692. The summed E-state index contributed by atoms with van der Waals surface area (Å²) in [7, 11) is 0. The van der Waals surface area contributed by atoms with E-state index in [0.29, 0.717) is 35.6 Å². The Labute approximate surface area is 210 Å². The standard InChI is InChI=1S/C30H30F2N2O2/c1-5-20(4)36-23-12-13-24-27(16-23)34(18-21-9-7-6-8-10-21)29(19(2)3)28(24)30(35)33-17-22-11-14-25(31)26(32)15-22/h6-16,19H,4-5,17-18H2,1-3H3,(H,33,35). The highest BCUT2D eigenvalue weighted by atomic mass is 19.2. The molecule has 0 aliphatic heterocycles. The third-order valence-corrected chi connectivity index (χ3v) is 6.13. The molecule has 1 N–H and O–H groups in total. The Kier molecular flexibility index (Phi) is 7.53. The van der Waals surface area contributed by atoms with Crippen LogP contribution in [0.3, 0.4) is 0 Å². The highest BCUT2D eigenvalue weighted by molar-refractivity contribution is 6.09. The number of hydrogen-bond acceptors (Lipinski definition) is 2. The molecule has 3 aromatic carbocycles. The topological polar surface area (TPSA) is 43.3 Å². The van der Waals surface area contributed by atoms with E-state index in [1.54, 1.807) is 0 Å². The molecule has 4 rings (SSSR count). The summed E-state index contributed by atoms with van der Waals surface area (Å²) < 4.78 is 35.0. The number of nitrogens with one attached hydrogen (secondary N) is 1.